The van der Waals surface area contributed by atoms with E-state index in [4.69, 9.17) is 0 Å². The Morgan fingerprint density at radius 1 is 1.04 bits per heavy atom. The Morgan fingerprint density at radius 3 is 2.32 bits per heavy atom. The molecule has 2 aromatic rings. The quantitative estimate of drug-likeness (QED) is 0.809. The molecule has 4 rings (SSSR count). The maximum atomic E-state index is 12.6. The normalized spacial score (nSPS) is 23.5. The number of fused-ring (bicyclic) bond motifs is 2. The van der Waals surface area contributed by atoms with Gasteiger partial charge in [-0.1, -0.05) is 36.8 Å². The lowest BCUT2D eigenvalue weighted by atomic mass is 9.95. The Kier molecular flexibility index (Phi) is 5.15. The van der Waals surface area contributed by atoms with Gasteiger partial charge >= 0.3 is 0 Å². The Bertz CT molecular complexity index is 942. The van der Waals surface area contributed by atoms with E-state index in [1.165, 1.54) is 29.8 Å². The van der Waals surface area contributed by atoms with E-state index in [1.54, 1.807) is 24.3 Å². The van der Waals surface area contributed by atoms with Gasteiger partial charge in [0.15, 0.2) is 0 Å². The molecular weight excluding hydrogens is 372 g/mol. The van der Waals surface area contributed by atoms with Crippen molar-refractivity contribution in [2.75, 3.05) is 10.6 Å². The van der Waals surface area contributed by atoms with Gasteiger partial charge in [-0.2, -0.15) is 0 Å². The van der Waals surface area contributed by atoms with Crippen LogP contribution in [0.1, 0.15) is 41.6 Å². The fraction of sp³-hybridized carbons (Fsp3) is 0.409. The molecule has 148 valence electrons. The fourth-order valence-electron chi connectivity index (χ4n) is 4.59. The first-order valence-electron chi connectivity index (χ1n) is 9.83. The third-order valence-electron chi connectivity index (χ3n) is 6.04. The summed E-state index contributed by atoms with van der Waals surface area (Å²) < 4.78 is 25.8. The van der Waals surface area contributed by atoms with E-state index in [2.05, 4.69) is 5.32 Å². The number of amides is 1. The summed E-state index contributed by atoms with van der Waals surface area (Å²) in [4.78, 5) is 12.6. The first-order chi connectivity index (χ1) is 13.4. The van der Waals surface area contributed by atoms with Crippen LogP contribution < -0.4 is 9.62 Å². The lowest BCUT2D eigenvalue weighted by Crippen LogP contribution is -2.38. The number of carbonyl (C=O) groups excluding carboxylic acids is 1. The largest absolute Gasteiger partial charge is 0.349 e. The molecule has 0 unspecified atom stereocenters. The molecular formula is C22H26N2O3S. The minimum absolute atomic E-state index is 0.0351. The molecule has 6 heteroatoms. The minimum atomic E-state index is -3.41. The fourth-order valence-corrected chi connectivity index (χ4v) is 5.48. The second-order valence-electron chi connectivity index (χ2n) is 8.06. The van der Waals surface area contributed by atoms with Crippen molar-refractivity contribution in [3.8, 4) is 0 Å². The van der Waals surface area contributed by atoms with Gasteiger partial charge in [-0.25, -0.2) is 8.42 Å². The van der Waals surface area contributed by atoms with Gasteiger partial charge in [0.2, 0.25) is 10.0 Å². The second kappa shape index (κ2) is 7.59. The van der Waals surface area contributed by atoms with Crippen LogP contribution in [0.4, 0.5) is 5.69 Å². The van der Waals surface area contributed by atoms with Crippen LogP contribution in [0.5, 0.6) is 0 Å². The highest BCUT2D eigenvalue weighted by Crippen LogP contribution is 2.44. The van der Waals surface area contributed by atoms with Crippen molar-refractivity contribution in [3.63, 3.8) is 0 Å². The average molecular weight is 399 g/mol. The van der Waals surface area contributed by atoms with E-state index in [-0.39, 0.29) is 12.5 Å². The molecule has 2 saturated carbocycles. The molecule has 1 N–H and O–H groups in total. The van der Waals surface area contributed by atoms with Crippen LogP contribution in [0.15, 0.2) is 54.6 Å². The van der Waals surface area contributed by atoms with Gasteiger partial charge in [-0.05, 0) is 60.9 Å². The summed E-state index contributed by atoms with van der Waals surface area (Å²) in [7, 11) is -3.41. The van der Waals surface area contributed by atoms with Gasteiger partial charge in [-0.15, -0.1) is 0 Å². The zero-order valence-corrected chi connectivity index (χ0v) is 16.9. The number of anilines is 1. The number of hydrogen-bond acceptors (Lipinski definition) is 3. The number of carbonyl (C=O) groups is 1. The molecule has 0 aromatic heterocycles. The topological polar surface area (TPSA) is 66.5 Å². The van der Waals surface area contributed by atoms with Gasteiger partial charge in [0, 0.05) is 11.6 Å². The maximum absolute atomic E-state index is 12.6. The maximum Gasteiger partial charge on any atom is 0.251 e. The molecule has 2 bridgehead atoms. The summed E-state index contributed by atoms with van der Waals surface area (Å²) >= 11 is 0. The van der Waals surface area contributed by atoms with Gasteiger partial charge in [0.25, 0.3) is 5.91 Å². The monoisotopic (exact) mass is 398 g/mol. The molecule has 3 atom stereocenters. The Labute approximate surface area is 166 Å². The molecule has 2 aliphatic carbocycles. The lowest BCUT2D eigenvalue weighted by molar-refractivity contribution is 0.0923. The zero-order valence-electron chi connectivity index (χ0n) is 16.0. The summed E-state index contributed by atoms with van der Waals surface area (Å²) in [5.41, 5.74) is 2.09. The van der Waals surface area contributed by atoms with E-state index in [0.717, 1.165) is 17.9 Å². The van der Waals surface area contributed by atoms with Gasteiger partial charge in [-0.3, -0.25) is 9.10 Å². The van der Waals surface area contributed by atoms with E-state index < -0.39 is 10.0 Å². The van der Waals surface area contributed by atoms with Crippen molar-refractivity contribution in [1.29, 1.82) is 0 Å². The molecule has 0 aliphatic heterocycles. The first kappa shape index (κ1) is 19.0. The van der Waals surface area contributed by atoms with Gasteiger partial charge in [0.05, 0.1) is 18.5 Å². The second-order valence-corrected chi connectivity index (χ2v) is 9.96. The highest BCUT2D eigenvalue weighted by atomic mass is 32.2. The average Bonchev–Trinajstić information content (AvgIpc) is 3.29. The van der Waals surface area contributed by atoms with E-state index >= 15 is 0 Å². The molecule has 0 heterocycles. The molecule has 0 saturated heterocycles. The number of sulfonamides is 1. The SMILES string of the molecule is CS(=O)(=O)N(Cc1ccc(C(=O)N[C@H]2C[C@@H]3CC[C@@H]2C3)cc1)c1ccccc1. The van der Waals surface area contributed by atoms with Crippen LogP contribution in [0.2, 0.25) is 0 Å². The third-order valence-corrected chi connectivity index (χ3v) is 7.18. The predicted octanol–water partition coefficient (Wildman–Crippen LogP) is 3.57. The van der Waals surface area contributed by atoms with Crippen molar-refractivity contribution in [3.05, 3.63) is 65.7 Å². The number of benzene rings is 2. The van der Waals surface area contributed by atoms with Crippen molar-refractivity contribution in [2.24, 2.45) is 11.8 Å². The zero-order chi connectivity index (χ0) is 19.7. The van der Waals surface area contributed by atoms with E-state index in [9.17, 15) is 13.2 Å². The van der Waals surface area contributed by atoms with Gasteiger partial charge in [0.1, 0.15) is 0 Å². The van der Waals surface area contributed by atoms with E-state index in [1.807, 2.05) is 30.3 Å². The highest BCUT2D eigenvalue weighted by Gasteiger charge is 2.40. The number of para-hydroxylation sites is 1. The highest BCUT2D eigenvalue weighted by molar-refractivity contribution is 7.92. The molecule has 1 amide bonds. The summed E-state index contributed by atoms with van der Waals surface area (Å²) in [6, 6.07) is 16.6. The van der Waals surface area contributed by atoms with Crippen molar-refractivity contribution < 1.29 is 13.2 Å². The number of rotatable bonds is 6. The van der Waals surface area contributed by atoms with Crippen molar-refractivity contribution in [1.82, 2.24) is 5.32 Å². The molecule has 2 fully saturated rings. The molecule has 2 aliphatic rings. The predicted molar refractivity (Wildman–Crippen MR) is 111 cm³/mol. The first-order valence-corrected chi connectivity index (χ1v) is 11.7. The van der Waals surface area contributed by atoms with Crippen LogP contribution in [0, 0.1) is 11.8 Å². The molecule has 2 aromatic carbocycles. The number of hydrogen-bond donors (Lipinski definition) is 1. The van der Waals surface area contributed by atoms with Crippen LogP contribution in [0.3, 0.4) is 0 Å². The molecule has 0 spiro atoms. The van der Waals surface area contributed by atoms with Crippen LogP contribution >= 0.6 is 0 Å². The van der Waals surface area contributed by atoms with Crippen LogP contribution in [-0.4, -0.2) is 26.6 Å². The third kappa shape index (κ3) is 4.07. The smallest absolute Gasteiger partial charge is 0.251 e. The Morgan fingerprint density at radius 2 is 1.75 bits per heavy atom. The molecule has 0 radical (unpaired) electrons. The lowest BCUT2D eigenvalue weighted by Gasteiger charge is -2.23. The Balaban J connectivity index is 1.44. The summed E-state index contributed by atoms with van der Waals surface area (Å²) in [6.07, 6.45) is 6.11. The van der Waals surface area contributed by atoms with Crippen molar-refractivity contribution in [2.45, 2.75) is 38.3 Å². The Hall–Kier alpha value is -2.34. The minimum Gasteiger partial charge on any atom is -0.349 e. The standard InChI is InChI=1S/C22H26N2O3S/c1-28(26,27)24(20-5-3-2-4-6-20)15-16-7-10-18(11-8-16)22(25)23-21-14-17-9-12-19(21)13-17/h2-8,10-11,17,19,21H,9,12-15H2,1H3,(H,23,25)/t17-,19-,21+/m1/s1. The van der Waals surface area contributed by atoms with Crippen molar-refractivity contribution >= 4 is 21.6 Å². The summed E-state index contributed by atoms with van der Waals surface area (Å²) in [5.74, 6) is 1.40. The summed E-state index contributed by atoms with van der Waals surface area (Å²) in [6.45, 7) is 0.233. The summed E-state index contributed by atoms with van der Waals surface area (Å²) in [5, 5.41) is 3.19. The van der Waals surface area contributed by atoms with Crippen LogP contribution in [0.25, 0.3) is 0 Å². The van der Waals surface area contributed by atoms with Gasteiger partial charge < -0.3 is 5.32 Å². The van der Waals surface area contributed by atoms with E-state index in [0.29, 0.717) is 23.2 Å². The molecule has 28 heavy (non-hydrogen) atoms. The molecule has 5 nitrogen and oxygen atoms in total. The number of nitrogens with zero attached hydrogens (tertiary/aromatic N) is 1. The number of nitrogens with one attached hydrogen (secondary N) is 1. The van der Waals surface area contributed by atoms with Crippen LogP contribution in [-0.2, 0) is 16.6 Å².